The Morgan fingerprint density at radius 2 is 1.92 bits per heavy atom. The molecule has 7 heteroatoms. The van der Waals surface area contributed by atoms with Crippen LogP contribution >= 0.6 is 11.6 Å². The van der Waals surface area contributed by atoms with Gasteiger partial charge in [-0.1, -0.05) is 11.6 Å². The molecule has 0 aliphatic rings. The first-order chi connectivity index (χ1) is 12.2. The number of rotatable bonds is 3. The summed E-state index contributed by atoms with van der Waals surface area (Å²) in [6.07, 6.45) is 0. The molecule has 1 heterocycles. The lowest BCUT2D eigenvalue weighted by Crippen LogP contribution is -2.20. The third-order valence-electron chi connectivity index (χ3n) is 4.47. The highest BCUT2D eigenvalue weighted by Gasteiger charge is 2.26. The number of aromatic nitrogens is 1. The first-order valence-electron chi connectivity index (χ1n) is 7.85. The van der Waals surface area contributed by atoms with Crippen molar-refractivity contribution in [2.45, 2.75) is 19.8 Å². The second-order valence-corrected chi connectivity index (χ2v) is 6.50. The average molecular weight is 375 g/mol. The minimum atomic E-state index is -0.699. The summed E-state index contributed by atoms with van der Waals surface area (Å²) in [5, 5.41) is 10.3. The number of amides is 1. The van der Waals surface area contributed by atoms with Crippen LogP contribution in [0.1, 0.15) is 34.5 Å². The maximum Gasteiger partial charge on any atom is 0.262 e. The van der Waals surface area contributed by atoms with Gasteiger partial charge in [0.05, 0.1) is 16.5 Å². The fraction of sp³-hybridized carbons (Fsp3) is 0.158. The summed E-state index contributed by atoms with van der Waals surface area (Å²) in [6.45, 7) is 3.31. The number of aromatic hydroxyl groups is 1. The molecule has 0 aliphatic heterocycles. The summed E-state index contributed by atoms with van der Waals surface area (Å²) < 4.78 is 15.2. The Kier molecular flexibility index (Phi) is 4.46. The molecular weight excluding hydrogens is 359 g/mol. The number of nitrogens with zero attached hydrogens (tertiary/aromatic N) is 1. The molecule has 134 valence electrons. The number of primary amides is 1. The molecule has 0 bridgehead atoms. The van der Waals surface area contributed by atoms with Crippen LogP contribution in [0.3, 0.4) is 0 Å². The molecule has 1 atom stereocenters. The van der Waals surface area contributed by atoms with Crippen LogP contribution in [0.25, 0.3) is 10.9 Å². The van der Waals surface area contributed by atoms with Crippen molar-refractivity contribution >= 4 is 34.3 Å². The summed E-state index contributed by atoms with van der Waals surface area (Å²) in [6, 6.07) is 8.28. The fourth-order valence-electron chi connectivity index (χ4n) is 3.14. The van der Waals surface area contributed by atoms with Gasteiger partial charge >= 0.3 is 0 Å². The first kappa shape index (κ1) is 17.9. The quantitative estimate of drug-likeness (QED) is 0.732. The highest BCUT2D eigenvalue weighted by molar-refractivity contribution is 6.30. The zero-order valence-electron chi connectivity index (χ0n) is 14.1. The minimum Gasteiger partial charge on any atom is -0.508 e. The SMILES string of the molecule is Cc1c([C@H](C)C(N)=O)c2cc(O)ccc2n1C(=O)c1ccc(Cl)c(F)c1. The molecule has 2 aromatic carbocycles. The molecular formula is C19H16ClFN2O3. The predicted octanol–water partition coefficient (Wildman–Crippen LogP) is 3.73. The van der Waals surface area contributed by atoms with Crippen LogP contribution in [0.4, 0.5) is 4.39 Å². The Hall–Kier alpha value is -2.86. The number of nitrogens with two attached hydrogens (primary N) is 1. The smallest absolute Gasteiger partial charge is 0.262 e. The lowest BCUT2D eigenvalue weighted by Gasteiger charge is -2.10. The number of phenols is 1. The van der Waals surface area contributed by atoms with Crippen molar-refractivity contribution in [3.05, 3.63) is 64.1 Å². The third-order valence-corrected chi connectivity index (χ3v) is 4.77. The number of carbonyl (C=O) groups is 2. The minimum absolute atomic E-state index is 0.00226. The van der Waals surface area contributed by atoms with Gasteiger partial charge in [-0.3, -0.25) is 14.2 Å². The van der Waals surface area contributed by atoms with Crippen LogP contribution < -0.4 is 5.73 Å². The molecule has 1 aromatic heterocycles. The molecule has 0 unspecified atom stereocenters. The van der Waals surface area contributed by atoms with Gasteiger partial charge in [-0.2, -0.15) is 0 Å². The molecule has 0 saturated carbocycles. The Labute approximate surface area is 153 Å². The van der Waals surface area contributed by atoms with E-state index >= 15 is 0 Å². The van der Waals surface area contributed by atoms with E-state index < -0.39 is 23.5 Å². The van der Waals surface area contributed by atoms with E-state index in [9.17, 15) is 19.1 Å². The van der Waals surface area contributed by atoms with Crippen molar-refractivity contribution in [2.24, 2.45) is 5.73 Å². The first-order valence-corrected chi connectivity index (χ1v) is 8.23. The van der Waals surface area contributed by atoms with Gasteiger partial charge in [0.2, 0.25) is 5.91 Å². The lowest BCUT2D eigenvalue weighted by molar-refractivity contribution is -0.119. The molecule has 1 amide bonds. The van der Waals surface area contributed by atoms with Gasteiger partial charge in [0, 0.05) is 16.6 Å². The van der Waals surface area contributed by atoms with E-state index in [1.54, 1.807) is 19.9 Å². The zero-order valence-corrected chi connectivity index (χ0v) is 14.8. The molecule has 0 fully saturated rings. The number of fused-ring (bicyclic) bond motifs is 1. The second-order valence-electron chi connectivity index (χ2n) is 6.09. The Balaban J connectivity index is 2.29. The molecule has 0 spiro atoms. The highest BCUT2D eigenvalue weighted by atomic mass is 35.5. The number of phenolic OH excluding ortho intramolecular Hbond substituents is 1. The molecule has 0 aliphatic carbocycles. The molecule has 3 rings (SSSR count). The van der Waals surface area contributed by atoms with E-state index in [-0.39, 0.29) is 16.3 Å². The number of halogens is 2. The Morgan fingerprint density at radius 1 is 1.23 bits per heavy atom. The standard InChI is InChI=1S/C19H16ClFN2O3/c1-9(18(22)25)17-10(2)23(16-6-4-12(24)8-13(16)17)19(26)11-3-5-14(20)15(21)7-11/h3-9,24H,1-2H3,(H2,22,25)/t9-/m0/s1. The monoisotopic (exact) mass is 374 g/mol. The van der Waals surface area contributed by atoms with Gasteiger partial charge < -0.3 is 10.8 Å². The topological polar surface area (TPSA) is 85.3 Å². The fourth-order valence-corrected chi connectivity index (χ4v) is 3.26. The van der Waals surface area contributed by atoms with Crippen LogP contribution in [-0.4, -0.2) is 21.5 Å². The number of hydrogen-bond donors (Lipinski definition) is 2. The van der Waals surface area contributed by atoms with Crippen LogP contribution in [0.15, 0.2) is 36.4 Å². The van der Waals surface area contributed by atoms with Gasteiger partial charge in [-0.15, -0.1) is 0 Å². The lowest BCUT2D eigenvalue weighted by atomic mass is 9.97. The van der Waals surface area contributed by atoms with Gasteiger partial charge in [0.25, 0.3) is 5.91 Å². The van der Waals surface area contributed by atoms with Crippen LogP contribution in [0.5, 0.6) is 5.75 Å². The molecule has 5 nitrogen and oxygen atoms in total. The van der Waals surface area contributed by atoms with Crippen LogP contribution in [0.2, 0.25) is 5.02 Å². The number of carbonyl (C=O) groups excluding carboxylic acids is 2. The normalized spacial score (nSPS) is 12.3. The molecule has 0 saturated heterocycles. The summed E-state index contributed by atoms with van der Waals surface area (Å²) in [7, 11) is 0. The van der Waals surface area contributed by atoms with E-state index in [4.69, 9.17) is 17.3 Å². The van der Waals surface area contributed by atoms with Crippen molar-refractivity contribution in [3.63, 3.8) is 0 Å². The van der Waals surface area contributed by atoms with E-state index in [1.807, 2.05) is 0 Å². The highest BCUT2D eigenvalue weighted by Crippen LogP contribution is 2.34. The van der Waals surface area contributed by atoms with Gasteiger partial charge in [0.15, 0.2) is 0 Å². The van der Waals surface area contributed by atoms with Crippen molar-refractivity contribution in [1.29, 1.82) is 0 Å². The molecule has 3 aromatic rings. The van der Waals surface area contributed by atoms with Crippen molar-refractivity contribution in [2.75, 3.05) is 0 Å². The van der Waals surface area contributed by atoms with E-state index in [1.165, 1.54) is 28.8 Å². The van der Waals surface area contributed by atoms with E-state index in [0.29, 0.717) is 22.2 Å². The van der Waals surface area contributed by atoms with Crippen LogP contribution in [0, 0.1) is 12.7 Å². The summed E-state index contributed by atoms with van der Waals surface area (Å²) in [5.41, 5.74) is 7.08. The van der Waals surface area contributed by atoms with E-state index in [0.717, 1.165) is 6.07 Å². The Bertz CT molecular complexity index is 1060. The Morgan fingerprint density at radius 3 is 2.54 bits per heavy atom. The summed E-state index contributed by atoms with van der Waals surface area (Å²) >= 11 is 5.68. The summed E-state index contributed by atoms with van der Waals surface area (Å²) in [4.78, 5) is 24.7. The van der Waals surface area contributed by atoms with Crippen molar-refractivity contribution in [3.8, 4) is 5.75 Å². The van der Waals surface area contributed by atoms with Crippen LogP contribution in [-0.2, 0) is 4.79 Å². The predicted molar refractivity (Wildman–Crippen MR) is 97.1 cm³/mol. The number of hydrogen-bond acceptors (Lipinski definition) is 3. The zero-order chi connectivity index (χ0) is 19.2. The largest absolute Gasteiger partial charge is 0.508 e. The molecule has 3 N–H and O–H groups in total. The average Bonchev–Trinajstić information content (AvgIpc) is 2.87. The van der Waals surface area contributed by atoms with Gasteiger partial charge in [-0.05, 0) is 55.8 Å². The van der Waals surface area contributed by atoms with E-state index in [2.05, 4.69) is 0 Å². The maximum absolute atomic E-state index is 13.8. The summed E-state index contributed by atoms with van der Waals surface area (Å²) in [5.74, 6) is -2.40. The second kappa shape index (κ2) is 6.46. The van der Waals surface area contributed by atoms with Gasteiger partial charge in [0.1, 0.15) is 11.6 Å². The molecule has 0 radical (unpaired) electrons. The third kappa shape index (κ3) is 2.82. The number of benzene rings is 2. The van der Waals surface area contributed by atoms with Crippen molar-refractivity contribution in [1.82, 2.24) is 4.57 Å². The van der Waals surface area contributed by atoms with Gasteiger partial charge in [-0.25, -0.2) is 4.39 Å². The molecule has 26 heavy (non-hydrogen) atoms. The maximum atomic E-state index is 13.8. The van der Waals surface area contributed by atoms with Crippen molar-refractivity contribution < 1.29 is 19.1 Å².